The Kier molecular flexibility index (Phi) is 5.69. The van der Waals surface area contributed by atoms with Gasteiger partial charge in [-0.1, -0.05) is 44.2 Å². The summed E-state index contributed by atoms with van der Waals surface area (Å²) in [5, 5.41) is 3.15. The van der Waals surface area contributed by atoms with E-state index >= 15 is 0 Å². The highest BCUT2D eigenvalue weighted by atomic mass is 15.1. The number of hydrogen-bond acceptors (Lipinski definition) is 1. The zero-order valence-corrected chi connectivity index (χ0v) is 11.7. The van der Waals surface area contributed by atoms with E-state index in [-0.39, 0.29) is 5.41 Å². The third-order valence-electron chi connectivity index (χ3n) is 3.15. The molecule has 0 unspecified atom stereocenters. The van der Waals surface area contributed by atoms with Gasteiger partial charge in [0.1, 0.15) is 0 Å². The number of benzene rings is 1. The highest BCUT2D eigenvalue weighted by Crippen LogP contribution is 2.22. The molecular formula is C15H25N3. The Morgan fingerprint density at radius 2 is 1.94 bits per heavy atom. The molecule has 0 bridgehead atoms. The van der Waals surface area contributed by atoms with Gasteiger partial charge in [0.15, 0.2) is 5.96 Å². The summed E-state index contributed by atoms with van der Waals surface area (Å²) < 4.78 is 0. The molecule has 0 atom stereocenters. The third-order valence-corrected chi connectivity index (χ3v) is 3.15. The van der Waals surface area contributed by atoms with Crippen molar-refractivity contribution in [2.45, 2.75) is 33.1 Å². The van der Waals surface area contributed by atoms with Crippen molar-refractivity contribution in [3.63, 3.8) is 0 Å². The molecule has 0 heterocycles. The van der Waals surface area contributed by atoms with Crippen LogP contribution in [0.2, 0.25) is 0 Å². The first-order valence-corrected chi connectivity index (χ1v) is 6.53. The maximum Gasteiger partial charge on any atom is 0.188 e. The Hall–Kier alpha value is -1.51. The molecule has 3 N–H and O–H groups in total. The average molecular weight is 247 g/mol. The molecule has 0 aromatic heterocycles. The van der Waals surface area contributed by atoms with Crippen LogP contribution in [0.15, 0.2) is 35.3 Å². The highest BCUT2D eigenvalue weighted by Gasteiger charge is 2.17. The van der Waals surface area contributed by atoms with Crippen LogP contribution in [0, 0.1) is 5.41 Å². The minimum Gasteiger partial charge on any atom is -0.370 e. The van der Waals surface area contributed by atoms with Gasteiger partial charge < -0.3 is 11.1 Å². The molecule has 3 nitrogen and oxygen atoms in total. The Morgan fingerprint density at radius 3 is 2.56 bits per heavy atom. The Bertz CT molecular complexity index is 369. The summed E-state index contributed by atoms with van der Waals surface area (Å²) in [5.41, 5.74) is 7.29. The smallest absolute Gasteiger partial charge is 0.188 e. The van der Waals surface area contributed by atoms with E-state index in [4.69, 9.17) is 5.73 Å². The quantitative estimate of drug-likeness (QED) is 0.599. The SMILES string of the molecule is CN=C(N)NCC(C)(C)CCCc1ccccc1. The second-order valence-corrected chi connectivity index (χ2v) is 5.47. The van der Waals surface area contributed by atoms with Crippen molar-refractivity contribution in [2.75, 3.05) is 13.6 Å². The molecule has 1 aromatic carbocycles. The molecule has 0 aliphatic rings. The molecule has 3 heteroatoms. The Balaban J connectivity index is 2.29. The van der Waals surface area contributed by atoms with E-state index in [0.29, 0.717) is 5.96 Å². The lowest BCUT2D eigenvalue weighted by Gasteiger charge is -2.25. The van der Waals surface area contributed by atoms with Gasteiger partial charge in [0.05, 0.1) is 0 Å². The molecule has 0 aliphatic carbocycles. The lowest BCUT2D eigenvalue weighted by Crippen LogP contribution is -2.38. The van der Waals surface area contributed by atoms with Crippen molar-refractivity contribution in [2.24, 2.45) is 16.1 Å². The van der Waals surface area contributed by atoms with E-state index in [1.807, 2.05) is 0 Å². The molecular weight excluding hydrogens is 222 g/mol. The number of nitrogens with two attached hydrogens (primary N) is 1. The first-order chi connectivity index (χ1) is 8.53. The molecule has 0 fully saturated rings. The molecule has 0 aliphatic heterocycles. The van der Waals surface area contributed by atoms with Gasteiger partial charge in [-0.15, -0.1) is 0 Å². The summed E-state index contributed by atoms with van der Waals surface area (Å²) in [7, 11) is 1.70. The van der Waals surface area contributed by atoms with Crippen LogP contribution in [0.3, 0.4) is 0 Å². The van der Waals surface area contributed by atoms with Crippen molar-refractivity contribution in [1.29, 1.82) is 0 Å². The number of guanidine groups is 1. The first kappa shape index (κ1) is 14.6. The molecule has 0 radical (unpaired) electrons. The minimum absolute atomic E-state index is 0.240. The number of aryl methyl sites for hydroxylation is 1. The largest absolute Gasteiger partial charge is 0.370 e. The van der Waals surface area contributed by atoms with Crippen LogP contribution in [-0.4, -0.2) is 19.6 Å². The Morgan fingerprint density at radius 1 is 1.28 bits per heavy atom. The predicted octanol–water partition coefficient (Wildman–Crippen LogP) is 2.57. The van der Waals surface area contributed by atoms with Gasteiger partial charge in [0.25, 0.3) is 0 Å². The van der Waals surface area contributed by atoms with Crippen molar-refractivity contribution in [3.05, 3.63) is 35.9 Å². The van der Waals surface area contributed by atoms with Crippen LogP contribution in [-0.2, 0) is 6.42 Å². The van der Waals surface area contributed by atoms with Crippen molar-refractivity contribution < 1.29 is 0 Å². The van der Waals surface area contributed by atoms with Gasteiger partial charge in [0.2, 0.25) is 0 Å². The zero-order chi connectivity index (χ0) is 13.4. The molecule has 18 heavy (non-hydrogen) atoms. The van der Waals surface area contributed by atoms with Crippen LogP contribution in [0.5, 0.6) is 0 Å². The first-order valence-electron chi connectivity index (χ1n) is 6.53. The lowest BCUT2D eigenvalue weighted by atomic mass is 9.86. The summed E-state index contributed by atoms with van der Waals surface area (Å²) in [5.74, 6) is 0.520. The van der Waals surface area contributed by atoms with Crippen molar-refractivity contribution in [1.82, 2.24) is 5.32 Å². The zero-order valence-electron chi connectivity index (χ0n) is 11.7. The van der Waals surface area contributed by atoms with E-state index in [1.165, 1.54) is 18.4 Å². The van der Waals surface area contributed by atoms with E-state index in [0.717, 1.165) is 13.0 Å². The fourth-order valence-electron chi connectivity index (χ4n) is 1.91. The molecule has 1 aromatic rings. The number of nitrogens with zero attached hydrogens (tertiary/aromatic N) is 1. The van der Waals surface area contributed by atoms with Gasteiger partial charge in [-0.25, -0.2) is 0 Å². The lowest BCUT2D eigenvalue weighted by molar-refractivity contribution is 0.324. The summed E-state index contributed by atoms with van der Waals surface area (Å²) >= 11 is 0. The minimum atomic E-state index is 0.240. The fourth-order valence-corrected chi connectivity index (χ4v) is 1.91. The van der Waals surface area contributed by atoms with Crippen LogP contribution >= 0.6 is 0 Å². The number of rotatable bonds is 6. The maximum absolute atomic E-state index is 5.64. The van der Waals surface area contributed by atoms with Gasteiger partial charge in [-0.2, -0.15) is 0 Å². The summed E-state index contributed by atoms with van der Waals surface area (Å²) in [4.78, 5) is 3.90. The molecule has 0 saturated carbocycles. The maximum atomic E-state index is 5.64. The van der Waals surface area contributed by atoms with Crippen LogP contribution < -0.4 is 11.1 Å². The Labute approximate surface area is 111 Å². The van der Waals surface area contributed by atoms with E-state index in [2.05, 4.69) is 54.5 Å². The molecule has 0 amide bonds. The standard InChI is InChI=1S/C15H25N3/c1-15(2,12-18-14(16)17-3)11-7-10-13-8-5-4-6-9-13/h4-6,8-9H,7,10-12H2,1-3H3,(H3,16,17,18). The second-order valence-electron chi connectivity index (χ2n) is 5.47. The van der Waals surface area contributed by atoms with Crippen LogP contribution in [0.4, 0.5) is 0 Å². The topological polar surface area (TPSA) is 50.4 Å². The average Bonchev–Trinajstić information content (AvgIpc) is 2.37. The third kappa shape index (κ3) is 5.71. The molecule has 0 saturated heterocycles. The number of hydrogen-bond donors (Lipinski definition) is 2. The van der Waals surface area contributed by atoms with E-state index in [1.54, 1.807) is 7.05 Å². The monoisotopic (exact) mass is 247 g/mol. The van der Waals surface area contributed by atoms with Crippen LogP contribution in [0.1, 0.15) is 32.3 Å². The number of nitrogens with one attached hydrogen (secondary N) is 1. The molecule has 0 spiro atoms. The van der Waals surface area contributed by atoms with E-state index in [9.17, 15) is 0 Å². The van der Waals surface area contributed by atoms with E-state index < -0.39 is 0 Å². The van der Waals surface area contributed by atoms with Crippen molar-refractivity contribution >= 4 is 5.96 Å². The summed E-state index contributed by atoms with van der Waals surface area (Å²) in [6, 6.07) is 10.6. The summed E-state index contributed by atoms with van der Waals surface area (Å²) in [6.07, 6.45) is 3.51. The summed E-state index contributed by atoms with van der Waals surface area (Å²) in [6.45, 7) is 5.38. The van der Waals surface area contributed by atoms with Gasteiger partial charge in [0, 0.05) is 13.6 Å². The van der Waals surface area contributed by atoms with Gasteiger partial charge >= 0.3 is 0 Å². The predicted molar refractivity (Wildman–Crippen MR) is 78.7 cm³/mol. The second kappa shape index (κ2) is 7.04. The van der Waals surface area contributed by atoms with Gasteiger partial charge in [-0.3, -0.25) is 4.99 Å². The number of aliphatic imine (C=N–C) groups is 1. The fraction of sp³-hybridized carbons (Fsp3) is 0.533. The molecule has 100 valence electrons. The normalized spacial score (nSPS) is 12.5. The molecule has 1 rings (SSSR count). The van der Waals surface area contributed by atoms with Crippen LogP contribution in [0.25, 0.3) is 0 Å². The highest BCUT2D eigenvalue weighted by molar-refractivity contribution is 5.77. The van der Waals surface area contributed by atoms with Crippen molar-refractivity contribution in [3.8, 4) is 0 Å². The van der Waals surface area contributed by atoms with Gasteiger partial charge in [-0.05, 0) is 30.2 Å².